The van der Waals surface area contributed by atoms with Gasteiger partial charge in [-0.2, -0.15) is 0 Å². The Labute approximate surface area is 92.4 Å². The van der Waals surface area contributed by atoms with Crippen LogP contribution in [0.4, 0.5) is 0 Å². The van der Waals surface area contributed by atoms with Crippen molar-refractivity contribution in [2.75, 3.05) is 13.2 Å². The van der Waals surface area contributed by atoms with Gasteiger partial charge in [0.15, 0.2) is 0 Å². The van der Waals surface area contributed by atoms with Crippen molar-refractivity contribution in [2.24, 2.45) is 0 Å². The fourth-order valence-corrected chi connectivity index (χ4v) is 1.40. The highest BCUT2D eigenvalue weighted by Gasteiger charge is 1.97. The van der Waals surface area contributed by atoms with Crippen LogP contribution in [0.5, 0.6) is 0 Å². The summed E-state index contributed by atoms with van der Waals surface area (Å²) in [5.74, 6) is 0. The zero-order valence-electron chi connectivity index (χ0n) is 9.99. The van der Waals surface area contributed by atoms with E-state index < -0.39 is 0 Å². The Morgan fingerprint density at radius 1 is 1.47 bits per heavy atom. The number of nitrogens with zero attached hydrogens (tertiary/aromatic N) is 1. The summed E-state index contributed by atoms with van der Waals surface area (Å²) in [5, 5.41) is 3.31. The lowest BCUT2D eigenvalue weighted by Crippen LogP contribution is -2.11. The molecule has 0 aliphatic heterocycles. The smallest absolute Gasteiger partial charge is 0.0648 e. The minimum Gasteiger partial charge on any atom is -0.377 e. The molecule has 86 valence electrons. The van der Waals surface area contributed by atoms with Crippen molar-refractivity contribution in [3.63, 3.8) is 0 Å². The first-order valence-corrected chi connectivity index (χ1v) is 5.69. The summed E-state index contributed by atoms with van der Waals surface area (Å²) < 4.78 is 7.68. The molecule has 0 saturated heterocycles. The maximum Gasteiger partial charge on any atom is 0.0648 e. The molecule has 1 aromatic rings. The van der Waals surface area contributed by atoms with Crippen molar-refractivity contribution < 1.29 is 4.74 Å². The van der Waals surface area contributed by atoms with E-state index in [-0.39, 0.29) is 0 Å². The van der Waals surface area contributed by atoms with Gasteiger partial charge in [-0.05, 0) is 32.0 Å². The minimum atomic E-state index is 0.321. The lowest BCUT2D eigenvalue weighted by Gasteiger charge is -2.07. The van der Waals surface area contributed by atoms with E-state index in [4.69, 9.17) is 4.74 Å². The Kier molecular flexibility index (Phi) is 5.43. The molecule has 0 aromatic carbocycles. The lowest BCUT2D eigenvalue weighted by molar-refractivity contribution is 0.0728. The Hall–Kier alpha value is -0.800. The predicted molar refractivity (Wildman–Crippen MR) is 62.9 cm³/mol. The monoisotopic (exact) mass is 210 g/mol. The molecule has 0 aliphatic carbocycles. The van der Waals surface area contributed by atoms with E-state index in [1.807, 2.05) is 0 Å². The molecule has 3 nitrogen and oxygen atoms in total. The molecule has 0 atom stereocenters. The van der Waals surface area contributed by atoms with Gasteiger partial charge in [0.2, 0.25) is 0 Å². The van der Waals surface area contributed by atoms with Gasteiger partial charge in [-0.3, -0.25) is 0 Å². The highest BCUT2D eigenvalue weighted by atomic mass is 16.5. The van der Waals surface area contributed by atoms with Crippen LogP contribution in [-0.2, 0) is 17.8 Å². The van der Waals surface area contributed by atoms with Gasteiger partial charge >= 0.3 is 0 Å². The quantitative estimate of drug-likeness (QED) is 0.745. The maximum atomic E-state index is 5.50. The second kappa shape index (κ2) is 6.64. The van der Waals surface area contributed by atoms with Crippen molar-refractivity contribution in [3.05, 3.63) is 24.0 Å². The summed E-state index contributed by atoms with van der Waals surface area (Å²) in [7, 11) is 0. The Morgan fingerprint density at radius 3 is 2.93 bits per heavy atom. The average Bonchev–Trinajstić information content (AvgIpc) is 2.62. The van der Waals surface area contributed by atoms with Crippen LogP contribution >= 0.6 is 0 Å². The molecule has 1 heterocycles. The molecule has 0 spiro atoms. The van der Waals surface area contributed by atoms with Gasteiger partial charge in [-0.15, -0.1) is 0 Å². The van der Waals surface area contributed by atoms with Crippen LogP contribution in [0.2, 0.25) is 0 Å². The van der Waals surface area contributed by atoms with Crippen molar-refractivity contribution in [2.45, 2.75) is 40.0 Å². The summed E-state index contributed by atoms with van der Waals surface area (Å²) >= 11 is 0. The summed E-state index contributed by atoms with van der Waals surface area (Å²) in [5.41, 5.74) is 1.33. The highest BCUT2D eigenvalue weighted by Crippen LogP contribution is 2.01. The van der Waals surface area contributed by atoms with Crippen molar-refractivity contribution in [1.29, 1.82) is 0 Å². The molecule has 0 amide bonds. The van der Waals surface area contributed by atoms with E-state index in [1.165, 1.54) is 5.56 Å². The van der Waals surface area contributed by atoms with E-state index in [9.17, 15) is 0 Å². The van der Waals surface area contributed by atoms with Crippen LogP contribution in [-0.4, -0.2) is 23.8 Å². The fourth-order valence-electron chi connectivity index (χ4n) is 1.40. The maximum absolute atomic E-state index is 5.50. The molecule has 0 fully saturated rings. The van der Waals surface area contributed by atoms with Crippen LogP contribution in [0.1, 0.15) is 26.3 Å². The number of hydrogen-bond acceptors (Lipinski definition) is 2. The first kappa shape index (κ1) is 12.3. The third-order valence-corrected chi connectivity index (χ3v) is 2.19. The van der Waals surface area contributed by atoms with Crippen molar-refractivity contribution >= 4 is 0 Å². The minimum absolute atomic E-state index is 0.321. The molecule has 3 heteroatoms. The molecule has 0 unspecified atom stereocenters. The fraction of sp³-hybridized carbons (Fsp3) is 0.667. The third kappa shape index (κ3) is 5.00. The van der Waals surface area contributed by atoms with Crippen LogP contribution in [0, 0.1) is 0 Å². The lowest BCUT2D eigenvalue weighted by atomic mass is 10.3. The first-order chi connectivity index (χ1) is 7.22. The number of aromatic nitrogens is 1. The van der Waals surface area contributed by atoms with Gasteiger partial charge in [0.1, 0.15) is 0 Å². The molecule has 0 bridgehead atoms. The van der Waals surface area contributed by atoms with Crippen LogP contribution in [0.15, 0.2) is 18.5 Å². The SMILES string of the molecule is CCNCc1ccn(CCOC(C)C)c1. The third-order valence-electron chi connectivity index (χ3n) is 2.19. The zero-order chi connectivity index (χ0) is 11.1. The summed E-state index contributed by atoms with van der Waals surface area (Å²) in [6.45, 7) is 9.93. The summed E-state index contributed by atoms with van der Waals surface area (Å²) in [6.07, 6.45) is 4.60. The second-order valence-corrected chi connectivity index (χ2v) is 3.96. The van der Waals surface area contributed by atoms with Gasteiger partial charge < -0.3 is 14.6 Å². The zero-order valence-corrected chi connectivity index (χ0v) is 9.99. The number of ether oxygens (including phenoxy) is 1. The molecule has 1 aromatic heterocycles. The van der Waals surface area contributed by atoms with Crippen molar-refractivity contribution in [1.82, 2.24) is 9.88 Å². The van der Waals surface area contributed by atoms with Gasteiger partial charge in [-0.25, -0.2) is 0 Å². The van der Waals surface area contributed by atoms with Crippen molar-refractivity contribution in [3.8, 4) is 0 Å². The van der Waals surface area contributed by atoms with E-state index in [0.29, 0.717) is 6.10 Å². The predicted octanol–water partition coefficient (Wildman–Crippen LogP) is 2.02. The molecular formula is C12H22N2O. The molecule has 0 radical (unpaired) electrons. The van der Waals surface area contributed by atoms with Crippen LogP contribution < -0.4 is 5.32 Å². The Balaban J connectivity index is 2.26. The Morgan fingerprint density at radius 2 is 2.27 bits per heavy atom. The molecule has 1 N–H and O–H groups in total. The summed E-state index contributed by atoms with van der Waals surface area (Å²) in [6, 6.07) is 2.15. The second-order valence-electron chi connectivity index (χ2n) is 3.96. The number of nitrogens with one attached hydrogen (secondary N) is 1. The standard InChI is InChI=1S/C12H22N2O/c1-4-13-9-12-5-6-14(10-12)7-8-15-11(2)3/h5-6,10-11,13H,4,7-9H2,1-3H3. The van der Waals surface area contributed by atoms with Gasteiger partial charge in [0, 0.05) is 25.5 Å². The van der Waals surface area contributed by atoms with Gasteiger partial charge in [0.05, 0.1) is 12.7 Å². The Bertz CT molecular complexity index is 268. The largest absolute Gasteiger partial charge is 0.377 e. The van der Waals surface area contributed by atoms with E-state index in [1.54, 1.807) is 0 Å². The summed E-state index contributed by atoms with van der Waals surface area (Å²) in [4.78, 5) is 0. The number of rotatable bonds is 7. The highest BCUT2D eigenvalue weighted by molar-refractivity contribution is 5.09. The van der Waals surface area contributed by atoms with E-state index in [2.05, 4.69) is 49.1 Å². The van der Waals surface area contributed by atoms with Crippen LogP contribution in [0.3, 0.4) is 0 Å². The molecule has 1 rings (SSSR count). The molecular weight excluding hydrogens is 188 g/mol. The topological polar surface area (TPSA) is 26.2 Å². The molecule has 0 saturated carbocycles. The van der Waals surface area contributed by atoms with E-state index >= 15 is 0 Å². The molecule has 0 aliphatic rings. The van der Waals surface area contributed by atoms with E-state index in [0.717, 1.165) is 26.2 Å². The van der Waals surface area contributed by atoms with Gasteiger partial charge in [-0.1, -0.05) is 6.92 Å². The molecule has 15 heavy (non-hydrogen) atoms. The number of hydrogen-bond donors (Lipinski definition) is 1. The van der Waals surface area contributed by atoms with Crippen LogP contribution in [0.25, 0.3) is 0 Å². The normalized spacial score (nSPS) is 11.2. The average molecular weight is 210 g/mol. The van der Waals surface area contributed by atoms with Gasteiger partial charge in [0.25, 0.3) is 0 Å². The first-order valence-electron chi connectivity index (χ1n) is 5.69.